The van der Waals surface area contributed by atoms with Crippen molar-refractivity contribution < 1.29 is 11.7 Å². The van der Waals surface area contributed by atoms with Crippen molar-refractivity contribution in [2.45, 2.75) is 45.4 Å². The Morgan fingerprint density at radius 3 is 1.83 bits per heavy atom. The molecule has 0 fully saturated rings. The van der Waals surface area contributed by atoms with E-state index < -0.39 is 16.9 Å². The second-order valence-electron chi connectivity index (χ2n) is 2.97. The normalized spacial score (nSPS) is 13.3. The lowest BCUT2D eigenvalue weighted by Crippen LogP contribution is -1.87. The van der Waals surface area contributed by atoms with Crippen LogP contribution >= 0.6 is 11.2 Å². The summed E-state index contributed by atoms with van der Waals surface area (Å²) in [5.74, 6) is -0.529. The molecule has 0 aromatic heterocycles. The van der Waals surface area contributed by atoms with Gasteiger partial charge in [0.25, 0.3) is 0 Å². The second-order valence-corrected chi connectivity index (χ2v) is 4.39. The Balaban J connectivity index is 3.01. The fourth-order valence-electron chi connectivity index (χ4n) is 1.05. The molecule has 0 atom stereocenters. The Hall–Kier alpha value is 0.140. The van der Waals surface area contributed by atoms with Crippen LogP contribution in [0.1, 0.15) is 45.4 Å². The van der Waals surface area contributed by atoms with Crippen molar-refractivity contribution in [2.75, 3.05) is 5.75 Å². The van der Waals surface area contributed by atoms with E-state index in [0.29, 0.717) is 6.42 Å². The van der Waals surface area contributed by atoms with Crippen molar-refractivity contribution in [1.82, 2.24) is 0 Å². The number of halogens is 3. The van der Waals surface area contributed by atoms with Gasteiger partial charge >= 0.3 is 0 Å². The molecular weight excluding hydrogens is 185 g/mol. The third-order valence-corrected chi connectivity index (χ3v) is 2.48. The van der Waals surface area contributed by atoms with Gasteiger partial charge in [0.05, 0.1) is 5.75 Å². The fraction of sp³-hybridized carbons (Fsp3) is 1.00. The SMILES string of the molecule is CCCCCCCCS(F)(F)F. The van der Waals surface area contributed by atoms with Crippen LogP contribution in [0.2, 0.25) is 0 Å². The lowest BCUT2D eigenvalue weighted by molar-refractivity contribution is 0.596. The summed E-state index contributed by atoms with van der Waals surface area (Å²) in [7, 11) is 0. The van der Waals surface area contributed by atoms with Gasteiger partial charge in [0.2, 0.25) is 11.2 Å². The fourth-order valence-corrected chi connectivity index (χ4v) is 1.58. The number of rotatable bonds is 7. The van der Waals surface area contributed by atoms with Crippen LogP contribution in [0.15, 0.2) is 0 Å². The van der Waals surface area contributed by atoms with Crippen molar-refractivity contribution in [3.63, 3.8) is 0 Å². The van der Waals surface area contributed by atoms with E-state index in [0.717, 1.165) is 32.1 Å². The smallest absolute Gasteiger partial charge is 0.125 e. The Bertz CT molecular complexity index is 101. The van der Waals surface area contributed by atoms with Gasteiger partial charge in [-0.2, -0.15) is 0 Å². The first kappa shape index (κ1) is 12.1. The monoisotopic (exact) mass is 202 g/mol. The molecule has 0 spiro atoms. The van der Waals surface area contributed by atoms with E-state index in [2.05, 4.69) is 6.92 Å². The van der Waals surface area contributed by atoms with Crippen LogP contribution in [0, 0.1) is 0 Å². The predicted octanol–water partition coefficient (Wildman–Crippen LogP) is 4.81. The third-order valence-electron chi connectivity index (χ3n) is 1.73. The van der Waals surface area contributed by atoms with Gasteiger partial charge in [-0.25, -0.2) is 0 Å². The summed E-state index contributed by atoms with van der Waals surface area (Å²) in [6.45, 7) is 2.10. The first-order valence-electron chi connectivity index (χ1n) is 4.46. The summed E-state index contributed by atoms with van der Waals surface area (Å²) in [6, 6.07) is 0. The van der Waals surface area contributed by atoms with Crippen LogP contribution in [0.5, 0.6) is 0 Å². The standard InChI is InChI=1S/C8H17F3S/c1-2-3-4-5-6-7-8-12(9,10)11/h2-8H2,1H3. The minimum Gasteiger partial charge on any atom is -0.125 e. The Labute approximate surface area is 74.7 Å². The summed E-state index contributed by atoms with van der Waals surface area (Å²) in [5, 5.41) is 0. The molecule has 0 radical (unpaired) electrons. The highest BCUT2D eigenvalue weighted by atomic mass is 32.3. The highest BCUT2D eigenvalue weighted by Gasteiger charge is 2.18. The van der Waals surface area contributed by atoms with Crippen LogP contribution in [0.25, 0.3) is 0 Å². The molecule has 0 heterocycles. The molecule has 0 N–H and O–H groups in total. The van der Waals surface area contributed by atoms with Crippen molar-refractivity contribution in [2.24, 2.45) is 0 Å². The molecule has 0 amide bonds. The minimum absolute atomic E-state index is 0.336. The summed E-state index contributed by atoms with van der Waals surface area (Å²) in [5.41, 5.74) is 0. The van der Waals surface area contributed by atoms with E-state index in [1.807, 2.05) is 0 Å². The van der Waals surface area contributed by atoms with E-state index >= 15 is 0 Å². The van der Waals surface area contributed by atoms with Gasteiger partial charge in [0.15, 0.2) is 0 Å². The molecule has 4 heteroatoms. The molecule has 0 bridgehead atoms. The maximum absolute atomic E-state index is 11.7. The van der Waals surface area contributed by atoms with Crippen molar-refractivity contribution in [1.29, 1.82) is 0 Å². The lowest BCUT2D eigenvalue weighted by Gasteiger charge is -2.08. The van der Waals surface area contributed by atoms with E-state index in [1.165, 1.54) is 0 Å². The molecule has 0 aliphatic rings. The molecule has 0 saturated carbocycles. The van der Waals surface area contributed by atoms with Gasteiger partial charge in [0.1, 0.15) is 0 Å². The van der Waals surface area contributed by atoms with Gasteiger partial charge in [-0.1, -0.05) is 39.0 Å². The quantitative estimate of drug-likeness (QED) is 0.520. The highest BCUT2D eigenvalue weighted by molar-refractivity contribution is 8.20. The number of hydrogen-bond acceptors (Lipinski definition) is 0. The van der Waals surface area contributed by atoms with E-state index in [4.69, 9.17) is 0 Å². The van der Waals surface area contributed by atoms with E-state index in [1.54, 1.807) is 0 Å². The van der Waals surface area contributed by atoms with E-state index in [9.17, 15) is 11.7 Å². The lowest BCUT2D eigenvalue weighted by atomic mass is 10.1. The molecule has 12 heavy (non-hydrogen) atoms. The molecule has 0 saturated heterocycles. The topological polar surface area (TPSA) is 0 Å². The first-order valence-corrected chi connectivity index (χ1v) is 5.96. The Kier molecular flexibility index (Phi) is 6.71. The molecule has 0 aromatic carbocycles. The second kappa shape index (κ2) is 6.63. The predicted molar refractivity (Wildman–Crippen MR) is 49.2 cm³/mol. The molecule has 0 aromatic rings. The largest absolute Gasteiger partial charge is 0.209 e. The van der Waals surface area contributed by atoms with Gasteiger partial charge in [-0.05, 0) is 6.42 Å². The zero-order chi connectivity index (χ0) is 9.45. The van der Waals surface area contributed by atoms with Gasteiger partial charge in [-0.3, -0.25) is 0 Å². The van der Waals surface area contributed by atoms with Crippen LogP contribution in [-0.4, -0.2) is 5.75 Å². The van der Waals surface area contributed by atoms with Gasteiger partial charge in [0, 0.05) is 0 Å². The molecular formula is C8H17F3S. The molecule has 0 unspecified atom stereocenters. The van der Waals surface area contributed by atoms with Crippen molar-refractivity contribution in [3.8, 4) is 0 Å². The summed E-state index contributed by atoms with van der Waals surface area (Å²) < 4.78 is 35.1. The average molecular weight is 202 g/mol. The van der Waals surface area contributed by atoms with Crippen LogP contribution < -0.4 is 0 Å². The highest BCUT2D eigenvalue weighted by Crippen LogP contribution is 2.53. The van der Waals surface area contributed by atoms with E-state index in [-0.39, 0.29) is 0 Å². The first-order chi connectivity index (χ1) is 5.56. The van der Waals surface area contributed by atoms with Gasteiger partial charge < -0.3 is 0 Å². The van der Waals surface area contributed by atoms with Crippen molar-refractivity contribution in [3.05, 3.63) is 0 Å². The Morgan fingerprint density at radius 2 is 1.33 bits per heavy atom. The minimum atomic E-state index is -4.72. The molecule has 0 aliphatic carbocycles. The number of hydrogen-bond donors (Lipinski definition) is 0. The number of unbranched alkanes of at least 4 members (excludes halogenated alkanes) is 5. The van der Waals surface area contributed by atoms with Crippen LogP contribution in [-0.2, 0) is 0 Å². The third kappa shape index (κ3) is 10.1. The molecule has 0 aliphatic heterocycles. The molecule has 76 valence electrons. The summed E-state index contributed by atoms with van der Waals surface area (Å²) in [4.78, 5) is 0. The maximum atomic E-state index is 11.7. The maximum Gasteiger partial charge on any atom is 0.209 e. The molecule has 0 rings (SSSR count). The van der Waals surface area contributed by atoms with Crippen LogP contribution in [0.4, 0.5) is 11.7 Å². The summed E-state index contributed by atoms with van der Waals surface area (Å²) >= 11 is -4.72. The Morgan fingerprint density at radius 1 is 0.833 bits per heavy atom. The van der Waals surface area contributed by atoms with Gasteiger partial charge in [-0.15, -0.1) is 11.7 Å². The zero-order valence-corrected chi connectivity index (χ0v) is 8.31. The summed E-state index contributed by atoms with van der Waals surface area (Å²) in [6.07, 6.45) is 5.42. The molecule has 0 nitrogen and oxygen atoms in total. The van der Waals surface area contributed by atoms with Crippen LogP contribution in [0.3, 0.4) is 0 Å². The average Bonchev–Trinajstić information content (AvgIpc) is 1.94. The van der Waals surface area contributed by atoms with Crippen molar-refractivity contribution >= 4 is 11.2 Å². The zero-order valence-electron chi connectivity index (χ0n) is 7.49.